The van der Waals surface area contributed by atoms with Crippen LogP contribution in [-0.2, 0) is 0 Å². The summed E-state index contributed by atoms with van der Waals surface area (Å²) in [7, 11) is 0. The van der Waals surface area contributed by atoms with E-state index in [0.717, 1.165) is 10.9 Å². The Kier molecular flexibility index (Phi) is 1.83. The van der Waals surface area contributed by atoms with Gasteiger partial charge in [-0.3, -0.25) is 4.79 Å². The van der Waals surface area contributed by atoms with Crippen molar-refractivity contribution in [3.05, 3.63) is 45.9 Å². The van der Waals surface area contributed by atoms with E-state index in [9.17, 15) is 4.79 Å². The number of nitrogens with one attached hydrogen (secondary N) is 1. The van der Waals surface area contributed by atoms with Gasteiger partial charge in [0.1, 0.15) is 6.07 Å². The van der Waals surface area contributed by atoms with Gasteiger partial charge in [-0.1, -0.05) is 12.1 Å². The zero-order chi connectivity index (χ0) is 10.1. The molecule has 0 saturated carbocycles. The number of rotatable bonds is 0. The van der Waals surface area contributed by atoms with Gasteiger partial charge in [0.15, 0.2) is 0 Å². The molecule has 0 amide bonds. The highest BCUT2D eigenvalue weighted by Gasteiger charge is 2.05. The topological polar surface area (TPSA) is 56.6 Å². The zero-order valence-corrected chi connectivity index (χ0v) is 7.66. The van der Waals surface area contributed by atoms with Gasteiger partial charge in [0, 0.05) is 17.0 Å². The van der Waals surface area contributed by atoms with Gasteiger partial charge >= 0.3 is 0 Å². The van der Waals surface area contributed by atoms with Crippen LogP contribution in [0.2, 0.25) is 0 Å². The predicted octanol–water partition coefficient (Wildman–Crippen LogP) is 1.71. The Bertz CT molecular complexity index is 590. The van der Waals surface area contributed by atoms with Crippen molar-refractivity contribution < 1.29 is 0 Å². The molecule has 2 aromatic rings. The van der Waals surface area contributed by atoms with E-state index in [2.05, 4.69) is 11.1 Å². The summed E-state index contributed by atoms with van der Waals surface area (Å²) >= 11 is 0. The van der Waals surface area contributed by atoms with Crippen molar-refractivity contribution in [2.75, 3.05) is 0 Å². The summed E-state index contributed by atoms with van der Waals surface area (Å²) in [6, 6.07) is 7.50. The third-order valence-electron chi connectivity index (χ3n) is 2.25. The number of fused-ring (bicyclic) bond motifs is 1. The molecular weight excluding hydrogens is 176 g/mol. The fraction of sp³-hybridized carbons (Fsp3) is 0.0909. The van der Waals surface area contributed by atoms with E-state index >= 15 is 0 Å². The quantitative estimate of drug-likeness (QED) is 0.677. The van der Waals surface area contributed by atoms with Crippen molar-refractivity contribution in [2.24, 2.45) is 0 Å². The number of pyridine rings is 1. The molecule has 2 rings (SSSR count). The minimum atomic E-state index is -0.150. The number of nitrogens with zero attached hydrogens (tertiary/aromatic N) is 1. The molecule has 0 aliphatic heterocycles. The first-order valence-electron chi connectivity index (χ1n) is 4.25. The molecule has 0 aliphatic rings. The number of nitriles is 1. The molecule has 1 aromatic heterocycles. The molecule has 3 nitrogen and oxygen atoms in total. The van der Waals surface area contributed by atoms with Crippen LogP contribution in [0.5, 0.6) is 0 Å². The van der Waals surface area contributed by atoms with Gasteiger partial charge in [-0.15, -0.1) is 0 Å². The molecule has 0 unspecified atom stereocenters. The summed E-state index contributed by atoms with van der Waals surface area (Å²) in [4.78, 5) is 14.0. The lowest BCUT2D eigenvalue weighted by Gasteiger charge is -2.01. The monoisotopic (exact) mass is 184 g/mol. The summed E-state index contributed by atoms with van der Waals surface area (Å²) in [5.41, 5.74) is 1.31. The maximum atomic E-state index is 11.4. The van der Waals surface area contributed by atoms with Crippen molar-refractivity contribution in [3.8, 4) is 6.07 Å². The molecule has 0 aliphatic carbocycles. The largest absolute Gasteiger partial charge is 0.327 e. The Balaban J connectivity index is 3.09. The first kappa shape index (κ1) is 8.52. The van der Waals surface area contributed by atoms with Crippen LogP contribution in [-0.4, -0.2) is 4.98 Å². The third kappa shape index (κ3) is 1.09. The number of aryl methyl sites for hydroxylation is 1. The first-order valence-corrected chi connectivity index (χ1v) is 4.25. The van der Waals surface area contributed by atoms with Crippen molar-refractivity contribution >= 4 is 10.8 Å². The summed E-state index contributed by atoms with van der Waals surface area (Å²) in [6.07, 6.45) is 1.46. The highest BCUT2D eigenvalue weighted by Crippen LogP contribution is 2.17. The number of hydrogen-bond donors (Lipinski definition) is 1. The maximum Gasteiger partial charge on any atom is 0.255 e. The standard InChI is InChI=1S/C11H8N2O/c1-7-3-2-4-9-10(7)8(5-12)6-13-11(9)14/h2-4,6H,1H3,(H,13,14). The molecule has 1 heterocycles. The van der Waals surface area contributed by atoms with Crippen LogP contribution in [0, 0.1) is 18.3 Å². The van der Waals surface area contributed by atoms with Gasteiger partial charge in [0.2, 0.25) is 0 Å². The molecule has 0 spiro atoms. The third-order valence-corrected chi connectivity index (χ3v) is 2.25. The minimum absolute atomic E-state index is 0.150. The van der Waals surface area contributed by atoms with Crippen LogP contribution in [0.3, 0.4) is 0 Å². The highest BCUT2D eigenvalue weighted by molar-refractivity contribution is 5.89. The number of aromatic nitrogens is 1. The minimum Gasteiger partial charge on any atom is -0.327 e. The first-order chi connectivity index (χ1) is 6.74. The summed E-state index contributed by atoms with van der Waals surface area (Å²) < 4.78 is 0. The average molecular weight is 184 g/mol. The summed E-state index contributed by atoms with van der Waals surface area (Å²) in [5, 5.41) is 10.2. The molecule has 3 heteroatoms. The van der Waals surface area contributed by atoms with Crippen molar-refractivity contribution in [2.45, 2.75) is 6.92 Å². The van der Waals surface area contributed by atoms with Crippen molar-refractivity contribution in [1.82, 2.24) is 4.98 Å². The maximum absolute atomic E-state index is 11.4. The van der Waals surface area contributed by atoms with E-state index in [1.807, 2.05) is 19.1 Å². The van der Waals surface area contributed by atoms with Gasteiger partial charge in [0.25, 0.3) is 5.56 Å². The van der Waals surface area contributed by atoms with Crippen LogP contribution in [0.15, 0.2) is 29.2 Å². The van der Waals surface area contributed by atoms with Gasteiger partial charge < -0.3 is 4.98 Å². The lowest BCUT2D eigenvalue weighted by atomic mass is 10.0. The van der Waals surface area contributed by atoms with Crippen LogP contribution in [0.4, 0.5) is 0 Å². The van der Waals surface area contributed by atoms with Crippen molar-refractivity contribution in [3.63, 3.8) is 0 Å². The van der Waals surface area contributed by atoms with Crippen molar-refractivity contribution in [1.29, 1.82) is 5.26 Å². The lowest BCUT2D eigenvalue weighted by molar-refractivity contribution is 1.26. The number of H-pyrrole nitrogens is 1. The molecule has 0 fully saturated rings. The van der Waals surface area contributed by atoms with Crippen LogP contribution in [0.1, 0.15) is 11.1 Å². The second-order valence-corrected chi connectivity index (χ2v) is 3.14. The number of benzene rings is 1. The van der Waals surface area contributed by atoms with Gasteiger partial charge in [-0.05, 0) is 18.6 Å². The normalized spacial score (nSPS) is 10.0. The van der Waals surface area contributed by atoms with Crippen LogP contribution >= 0.6 is 0 Å². The smallest absolute Gasteiger partial charge is 0.255 e. The highest BCUT2D eigenvalue weighted by atomic mass is 16.1. The molecule has 1 aromatic carbocycles. The van der Waals surface area contributed by atoms with Crippen LogP contribution < -0.4 is 5.56 Å². The molecule has 14 heavy (non-hydrogen) atoms. The zero-order valence-electron chi connectivity index (χ0n) is 7.66. The average Bonchev–Trinajstić information content (AvgIpc) is 2.20. The Labute approximate surface area is 80.6 Å². The molecule has 0 radical (unpaired) electrons. The van der Waals surface area contributed by atoms with Gasteiger partial charge in [-0.25, -0.2) is 0 Å². The SMILES string of the molecule is Cc1cccc2c(=O)[nH]cc(C#N)c12. The van der Waals surface area contributed by atoms with E-state index in [-0.39, 0.29) is 5.56 Å². The molecule has 0 saturated heterocycles. The summed E-state index contributed by atoms with van der Waals surface area (Å²) in [5.74, 6) is 0. The number of aromatic amines is 1. The Morgan fingerprint density at radius 2 is 2.21 bits per heavy atom. The van der Waals surface area contributed by atoms with Gasteiger partial charge in [-0.2, -0.15) is 5.26 Å². The van der Waals surface area contributed by atoms with Crippen LogP contribution in [0.25, 0.3) is 10.8 Å². The van der Waals surface area contributed by atoms with Gasteiger partial charge in [0.05, 0.1) is 5.56 Å². The van der Waals surface area contributed by atoms with E-state index in [1.54, 1.807) is 6.07 Å². The second-order valence-electron chi connectivity index (χ2n) is 3.14. The van der Waals surface area contributed by atoms with E-state index in [0.29, 0.717) is 10.9 Å². The fourth-order valence-corrected chi connectivity index (χ4v) is 1.59. The molecule has 68 valence electrons. The van der Waals surface area contributed by atoms with E-state index < -0.39 is 0 Å². The Morgan fingerprint density at radius 3 is 2.93 bits per heavy atom. The fourth-order valence-electron chi connectivity index (χ4n) is 1.59. The summed E-state index contributed by atoms with van der Waals surface area (Å²) in [6.45, 7) is 1.89. The predicted molar refractivity (Wildman–Crippen MR) is 54.0 cm³/mol. The molecule has 0 bridgehead atoms. The van der Waals surface area contributed by atoms with E-state index in [4.69, 9.17) is 5.26 Å². The molecule has 1 N–H and O–H groups in total. The Morgan fingerprint density at radius 1 is 1.43 bits per heavy atom. The lowest BCUT2D eigenvalue weighted by Crippen LogP contribution is -2.06. The number of hydrogen-bond acceptors (Lipinski definition) is 2. The molecule has 0 atom stereocenters. The second kappa shape index (κ2) is 3.00. The van der Waals surface area contributed by atoms with E-state index in [1.165, 1.54) is 6.20 Å². The Hall–Kier alpha value is -2.08. The molecular formula is C11H8N2O.